The first kappa shape index (κ1) is 23.8. The first-order valence-electron chi connectivity index (χ1n) is 10.8. The lowest BCUT2D eigenvalue weighted by Crippen LogP contribution is -2.32. The van der Waals surface area contributed by atoms with E-state index in [1.807, 2.05) is 24.3 Å². The van der Waals surface area contributed by atoms with Gasteiger partial charge in [0.25, 0.3) is 5.91 Å². The lowest BCUT2D eigenvalue weighted by Gasteiger charge is -2.34. The smallest absolute Gasteiger partial charge is 0.308 e. The summed E-state index contributed by atoms with van der Waals surface area (Å²) >= 11 is 0. The van der Waals surface area contributed by atoms with Crippen LogP contribution < -0.4 is 15.0 Å². The highest BCUT2D eigenvalue weighted by Crippen LogP contribution is 2.49. The van der Waals surface area contributed by atoms with E-state index >= 15 is 0 Å². The van der Waals surface area contributed by atoms with Crippen LogP contribution in [0, 0.1) is 5.92 Å². The van der Waals surface area contributed by atoms with Crippen molar-refractivity contribution in [1.82, 2.24) is 5.32 Å². The number of benzene rings is 2. The number of carbonyl (C=O) groups excluding carboxylic acids is 4. The fraction of sp³-hybridized carbons (Fsp3) is 0.280. The Labute approximate surface area is 200 Å². The number of hydrogen-bond acceptors (Lipinski definition) is 9. The van der Waals surface area contributed by atoms with E-state index < -0.39 is 46.5 Å². The van der Waals surface area contributed by atoms with Crippen LogP contribution in [0.5, 0.6) is 17.2 Å². The zero-order chi connectivity index (χ0) is 25.8. The van der Waals surface area contributed by atoms with Gasteiger partial charge in [-0.15, -0.1) is 0 Å². The molecular weight excluding hydrogens is 456 g/mol. The number of hydrogen-bond donors (Lipinski definition) is 4. The van der Waals surface area contributed by atoms with Crippen molar-refractivity contribution in [2.45, 2.75) is 26.7 Å². The predicted octanol–water partition coefficient (Wildman–Crippen LogP) is 2.25. The van der Waals surface area contributed by atoms with E-state index in [9.17, 15) is 34.5 Å². The largest absolute Gasteiger partial charge is 0.507 e. The minimum Gasteiger partial charge on any atom is -0.507 e. The van der Waals surface area contributed by atoms with Gasteiger partial charge in [0.15, 0.2) is 5.78 Å². The summed E-state index contributed by atoms with van der Waals surface area (Å²) in [6, 6.07) is 4.51. The minimum atomic E-state index is -1.06. The number of anilines is 1. The zero-order valence-electron chi connectivity index (χ0n) is 19.6. The van der Waals surface area contributed by atoms with Crippen LogP contribution in [0.2, 0.25) is 0 Å². The number of phenols is 2. The number of phenolic OH excluding ortho intramolecular Hbond substituents is 2. The molecule has 2 aromatic carbocycles. The van der Waals surface area contributed by atoms with Gasteiger partial charge in [-0.2, -0.15) is 0 Å². The van der Waals surface area contributed by atoms with Gasteiger partial charge in [-0.1, -0.05) is 0 Å². The van der Waals surface area contributed by atoms with Crippen LogP contribution in [0.3, 0.4) is 0 Å². The number of ketones is 1. The molecule has 0 saturated carbocycles. The Hall–Kier alpha value is -4.34. The summed E-state index contributed by atoms with van der Waals surface area (Å²) < 4.78 is 5.30. The number of imide groups is 1. The quantitative estimate of drug-likeness (QED) is 0.383. The molecule has 0 aromatic heterocycles. The molecule has 0 radical (unpaired) electrons. The third-order valence-corrected chi connectivity index (χ3v) is 6.15. The number of fused-ring (bicyclic) bond motifs is 3. The Morgan fingerprint density at radius 1 is 1.06 bits per heavy atom. The normalized spacial score (nSPS) is 16.1. The number of nitrogens with one attached hydrogen (secondary N) is 1. The van der Waals surface area contributed by atoms with E-state index in [2.05, 4.69) is 0 Å². The number of ether oxygens (including phenoxy) is 1. The van der Waals surface area contributed by atoms with Gasteiger partial charge in [0, 0.05) is 39.2 Å². The first-order valence-corrected chi connectivity index (χ1v) is 10.8. The number of esters is 1. The molecule has 2 aliphatic carbocycles. The predicted molar refractivity (Wildman–Crippen MR) is 125 cm³/mol. The molecule has 0 bridgehead atoms. The first-order chi connectivity index (χ1) is 16.4. The summed E-state index contributed by atoms with van der Waals surface area (Å²) in [5, 5.41) is 34.4. The summed E-state index contributed by atoms with van der Waals surface area (Å²) in [7, 11) is 3.64. The second kappa shape index (κ2) is 8.46. The van der Waals surface area contributed by atoms with E-state index in [-0.39, 0.29) is 34.6 Å². The van der Waals surface area contributed by atoms with Gasteiger partial charge in [-0.05, 0) is 48.1 Å². The van der Waals surface area contributed by atoms with Crippen molar-refractivity contribution in [2.24, 2.45) is 5.92 Å². The van der Waals surface area contributed by atoms with Crippen LogP contribution in [0.15, 0.2) is 23.8 Å². The summed E-state index contributed by atoms with van der Waals surface area (Å²) in [4.78, 5) is 50.8. The van der Waals surface area contributed by atoms with Gasteiger partial charge >= 0.3 is 5.97 Å². The summed E-state index contributed by atoms with van der Waals surface area (Å²) in [5.74, 6) is -5.24. The minimum absolute atomic E-state index is 0.00761. The van der Waals surface area contributed by atoms with E-state index in [1.165, 1.54) is 19.1 Å². The standard InChI is InChI=1S/C25H24N2O8/c1-10(28)26-25(34)21-16(30)9-13-7-12-8-14-15(27(3)4)5-6-17(35-11(2)29)20(14)23(32)18(12)22(31)19(13)24(21)33/h5-6,9,12,30,32-33H,7-8H2,1-4H3,(H,26,28,34). The molecule has 4 rings (SSSR count). The summed E-state index contributed by atoms with van der Waals surface area (Å²) in [6.07, 6.45) is 0.497. The van der Waals surface area contributed by atoms with Crippen molar-refractivity contribution in [3.63, 3.8) is 0 Å². The summed E-state index contributed by atoms with van der Waals surface area (Å²) in [5.41, 5.74) is 1.12. The molecule has 4 N–H and O–H groups in total. The van der Waals surface area contributed by atoms with E-state index in [4.69, 9.17) is 4.74 Å². The van der Waals surface area contributed by atoms with Gasteiger partial charge in [0.05, 0.1) is 11.1 Å². The zero-order valence-corrected chi connectivity index (χ0v) is 19.6. The highest BCUT2D eigenvalue weighted by atomic mass is 16.5. The molecule has 0 saturated heterocycles. The van der Waals surface area contributed by atoms with Crippen molar-refractivity contribution >= 4 is 35.0 Å². The van der Waals surface area contributed by atoms with E-state index in [1.54, 1.807) is 6.07 Å². The van der Waals surface area contributed by atoms with Gasteiger partial charge in [-0.25, -0.2) is 0 Å². The fourth-order valence-electron chi connectivity index (χ4n) is 4.85. The van der Waals surface area contributed by atoms with Crippen LogP contribution in [0.25, 0.3) is 5.76 Å². The van der Waals surface area contributed by atoms with E-state index in [0.717, 1.165) is 12.6 Å². The van der Waals surface area contributed by atoms with Crippen LogP contribution >= 0.6 is 0 Å². The number of Topliss-reactive ketones (excluding diaryl/α,β-unsaturated/α-hetero) is 1. The Balaban J connectivity index is 1.93. The number of aliphatic hydroxyl groups excluding tert-OH is 1. The monoisotopic (exact) mass is 480 g/mol. The Morgan fingerprint density at radius 2 is 1.74 bits per heavy atom. The highest BCUT2D eigenvalue weighted by molar-refractivity contribution is 6.19. The molecule has 1 atom stereocenters. The maximum atomic E-state index is 13.6. The van der Waals surface area contributed by atoms with Crippen LogP contribution in [-0.4, -0.2) is 53.0 Å². The fourth-order valence-corrected chi connectivity index (χ4v) is 4.85. The lowest BCUT2D eigenvalue weighted by atomic mass is 9.70. The number of aromatic hydroxyl groups is 2. The van der Waals surface area contributed by atoms with Crippen molar-refractivity contribution in [2.75, 3.05) is 19.0 Å². The Morgan fingerprint density at radius 3 is 2.34 bits per heavy atom. The topological polar surface area (TPSA) is 153 Å². The number of allylic oxidation sites excluding steroid dienone is 1. The molecule has 2 aliphatic rings. The van der Waals surface area contributed by atoms with Gasteiger partial charge in [0.2, 0.25) is 5.91 Å². The van der Waals surface area contributed by atoms with Crippen molar-refractivity contribution in [3.8, 4) is 17.2 Å². The molecule has 0 aliphatic heterocycles. The van der Waals surface area contributed by atoms with Crippen LogP contribution in [0.1, 0.15) is 51.3 Å². The molecule has 10 nitrogen and oxygen atoms in total. The SMILES string of the molecule is CC(=O)NC(=O)c1c(O)cc2c(c1O)C(=O)C1=C(O)c3c(OC(C)=O)ccc(N(C)C)c3CC1C2. The molecule has 35 heavy (non-hydrogen) atoms. The molecule has 2 amide bonds. The average Bonchev–Trinajstić information content (AvgIpc) is 2.71. The molecule has 10 heteroatoms. The van der Waals surface area contributed by atoms with E-state index in [0.29, 0.717) is 17.5 Å². The van der Waals surface area contributed by atoms with Crippen molar-refractivity contribution in [1.29, 1.82) is 0 Å². The Bertz CT molecular complexity index is 1360. The third-order valence-electron chi connectivity index (χ3n) is 6.15. The van der Waals surface area contributed by atoms with Crippen LogP contribution in [-0.2, 0) is 22.4 Å². The lowest BCUT2D eigenvalue weighted by molar-refractivity contribution is -0.132. The number of aliphatic hydroxyl groups is 1. The molecule has 0 spiro atoms. The summed E-state index contributed by atoms with van der Waals surface area (Å²) in [6.45, 7) is 2.31. The Kier molecular flexibility index (Phi) is 5.75. The molecule has 182 valence electrons. The number of carbonyl (C=O) groups is 4. The number of nitrogens with zero attached hydrogens (tertiary/aromatic N) is 1. The third kappa shape index (κ3) is 3.86. The maximum absolute atomic E-state index is 13.6. The van der Waals surface area contributed by atoms with Crippen LogP contribution in [0.4, 0.5) is 5.69 Å². The highest BCUT2D eigenvalue weighted by Gasteiger charge is 2.42. The molecule has 1 unspecified atom stereocenters. The second-order valence-corrected chi connectivity index (χ2v) is 8.78. The average molecular weight is 480 g/mol. The number of amides is 2. The van der Waals surface area contributed by atoms with Gasteiger partial charge < -0.3 is 25.0 Å². The molecule has 2 aromatic rings. The molecule has 0 fully saturated rings. The van der Waals surface area contributed by atoms with Gasteiger partial charge in [0.1, 0.15) is 28.6 Å². The second-order valence-electron chi connectivity index (χ2n) is 8.78. The maximum Gasteiger partial charge on any atom is 0.308 e. The molecule has 0 heterocycles. The van der Waals surface area contributed by atoms with Crippen molar-refractivity contribution < 1.29 is 39.2 Å². The molecular formula is C25H24N2O8. The van der Waals surface area contributed by atoms with Gasteiger partial charge in [-0.3, -0.25) is 24.5 Å². The number of rotatable bonds is 3. The van der Waals surface area contributed by atoms with Crippen molar-refractivity contribution in [3.05, 3.63) is 51.6 Å².